The van der Waals surface area contributed by atoms with Crippen molar-refractivity contribution in [3.8, 4) is 0 Å². The van der Waals surface area contributed by atoms with Crippen molar-refractivity contribution in [1.29, 1.82) is 0 Å². The number of halogens is 1. The van der Waals surface area contributed by atoms with Crippen LogP contribution in [0.1, 0.15) is 19.8 Å². The molecule has 0 aliphatic carbocycles. The van der Waals surface area contributed by atoms with Gasteiger partial charge in [-0.05, 0) is 31.5 Å². The number of nitrogens with one attached hydrogen (secondary N) is 1. The van der Waals surface area contributed by atoms with E-state index >= 15 is 0 Å². The fourth-order valence-corrected chi connectivity index (χ4v) is 1.93. The maximum absolute atomic E-state index is 11.6. The number of carbonyl (C=O) groups excluding carboxylic acids is 2. The number of nitrogens with two attached hydrogens (primary N) is 1. The van der Waals surface area contributed by atoms with Gasteiger partial charge in [-0.15, -0.1) is 12.4 Å². The lowest BCUT2D eigenvalue weighted by Crippen LogP contribution is -2.32. The summed E-state index contributed by atoms with van der Waals surface area (Å²) in [5.74, 6) is -0.106. The van der Waals surface area contributed by atoms with Crippen molar-refractivity contribution < 1.29 is 9.59 Å². The molecule has 2 rings (SSSR count). The van der Waals surface area contributed by atoms with Crippen molar-refractivity contribution in [1.82, 2.24) is 0 Å². The number of nitrogens with zero attached hydrogens (tertiary/aromatic N) is 1. The second-order valence-corrected chi connectivity index (χ2v) is 4.48. The van der Waals surface area contributed by atoms with E-state index in [1.165, 1.54) is 0 Å². The summed E-state index contributed by atoms with van der Waals surface area (Å²) in [6.45, 7) is 2.37. The summed E-state index contributed by atoms with van der Waals surface area (Å²) in [6.07, 6.45) is 1.48. The van der Waals surface area contributed by atoms with E-state index in [4.69, 9.17) is 5.73 Å². The first-order chi connectivity index (χ1) is 8.58. The van der Waals surface area contributed by atoms with Gasteiger partial charge in [-0.25, -0.2) is 0 Å². The monoisotopic (exact) mass is 283 g/mol. The molecule has 1 atom stereocenters. The van der Waals surface area contributed by atoms with Crippen molar-refractivity contribution >= 4 is 35.6 Å². The van der Waals surface area contributed by atoms with Crippen molar-refractivity contribution in [3.05, 3.63) is 24.3 Å². The fraction of sp³-hybridized carbons (Fsp3) is 0.385. The molecule has 0 radical (unpaired) electrons. The Bertz CT molecular complexity index is 477. The molecule has 3 N–H and O–H groups in total. The van der Waals surface area contributed by atoms with Crippen LogP contribution >= 0.6 is 12.4 Å². The van der Waals surface area contributed by atoms with Crippen LogP contribution in [0.2, 0.25) is 0 Å². The Balaban J connectivity index is 0.00000180. The van der Waals surface area contributed by atoms with Gasteiger partial charge in [0.25, 0.3) is 0 Å². The molecule has 2 amide bonds. The summed E-state index contributed by atoms with van der Waals surface area (Å²) < 4.78 is 0. The zero-order chi connectivity index (χ0) is 13.1. The summed E-state index contributed by atoms with van der Waals surface area (Å²) in [6, 6.07) is 6.71. The molecule has 1 heterocycles. The first kappa shape index (κ1) is 15.5. The van der Waals surface area contributed by atoms with Crippen LogP contribution in [0.4, 0.5) is 11.4 Å². The molecule has 1 aliphatic heterocycles. The molecule has 5 nitrogen and oxygen atoms in total. The first-order valence-electron chi connectivity index (χ1n) is 6.05. The van der Waals surface area contributed by atoms with E-state index in [9.17, 15) is 9.59 Å². The van der Waals surface area contributed by atoms with Gasteiger partial charge < -0.3 is 16.0 Å². The molecule has 0 saturated carbocycles. The van der Waals surface area contributed by atoms with Crippen LogP contribution in [0.5, 0.6) is 0 Å². The largest absolute Gasteiger partial charge is 0.325 e. The second kappa shape index (κ2) is 6.54. The molecular formula is C13H18ClN3O2. The van der Waals surface area contributed by atoms with Crippen LogP contribution < -0.4 is 16.0 Å². The molecule has 6 heteroatoms. The van der Waals surface area contributed by atoms with Crippen LogP contribution in [-0.2, 0) is 9.59 Å². The molecule has 19 heavy (non-hydrogen) atoms. The van der Waals surface area contributed by atoms with Gasteiger partial charge in [-0.1, -0.05) is 6.07 Å². The van der Waals surface area contributed by atoms with E-state index < -0.39 is 6.04 Å². The van der Waals surface area contributed by atoms with Crippen molar-refractivity contribution in [3.63, 3.8) is 0 Å². The highest BCUT2D eigenvalue weighted by atomic mass is 35.5. The maximum atomic E-state index is 11.6. The Morgan fingerprint density at radius 3 is 2.79 bits per heavy atom. The maximum Gasteiger partial charge on any atom is 0.240 e. The molecule has 1 aromatic carbocycles. The van der Waals surface area contributed by atoms with Crippen LogP contribution in [0, 0.1) is 0 Å². The average Bonchev–Trinajstić information content (AvgIpc) is 2.75. The van der Waals surface area contributed by atoms with Gasteiger partial charge >= 0.3 is 0 Å². The molecular weight excluding hydrogens is 266 g/mol. The van der Waals surface area contributed by atoms with E-state index in [0.717, 1.165) is 18.7 Å². The van der Waals surface area contributed by atoms with Gasteiger partial charge in [-0.2, -0.15) is 0 Å². The van der Waals surface area contributed by atoms with Crippen molar-refractivity contribution in [2.24, 2.45) is 5.73 Å². The van der Waals surface area contributed by atoms with Gasteiger partial charge in [0.1, 0.15) is 0 Å². The lowest BCUT2D eigenvalue weighted by molar-refractivity contribution is -0.117. The van der Waals surface area contributed by atoms with E-state index in [2.05, 4.69) is 5.32 Å². The summed E-state index contributed by atoms with van der Waals surface area (Å²) in [5.41, 5.74) is 6.97. The predicted octanol–water partition coefficient (Wildman–Crippen LogP) is 1.52. The number of anilines is 2. The highest BCUT2D eigenvalue weighted by molar-refractivity contribution is 5.98. The van der Waals surface area contributed by atoms with E-state index in [1.54, 1.807) is 24.0 Å². The lowest BCUT2D eigenvalue weighted by atomic mass is 10.2. The zero-order valence-corrected chi connectivity index (χ0v) is 11.6. The molecule has 1 aromatic rings. The second-order valence-electron chi connectivity index (χ2n) is 4.48. The minimum Gasteiger partial charge on any atom is -0.325 e. The summed E-state index contributed by atoms with van der Waals surface area (Å²) in [7, 11) is 0. The predicted molar refractivity (Wildman–Crippen MR) is 77.6 cm³/mol. The Labute approximate surface area is 118 Å². The Morgan fingerprint density at radius 2 is 2.21 bits per heavy atom. The molecule has 0 spiro atoms. The molecule has 104 valence electrons. The molecule has 0 bridgehead atoms. The number of carbonyl (C=O) groups is 2. The highest BCUT2D eigenvalue weighted by Gasteiger charge is 2.21. The number of hydrogen-bond donors (Lipinski definition) is 2. The number of hydrogen-bond acceptors (Lipinski definition) is 3. The van der Waals surface area contributed by atoms with Crippen molar-refractivity contribution in [2.75, 3.05) is 16.8 Å². The lowest BCUT2D eigenvalue weighted by Gasteiger charge is -2.17. The van der Waals surface area contributed by atoms with E-state index in [-0.39, 0.29) is 24.2 Å². The Kier molecular flexibility index (Phi) is 5.32. The van der Waals surface area contributed by atoms with Gasteiger partial charge in [0, 0.05) is 24.3 Å². The van der Waals surface area contributed by atoms with Gasteiger partial charge in [0.15, 0.2) is 0 Å². The van der Waals surface area contributed by atoms with Crippen LogP contribution in [-0.4, -0.2) is 24.4 Å². The SMILES string of the molecule is C[C@H](N)C(=O)Nc1cccc(N2CCCC2=O)c1.Cl. The average molecular weight is 284 g/mol. The number of rotatable bonds is 3. The minimum absolute atomic E-state index is 0. The molecule has 0 aromatic heterocycles. The smallest absolute Gasteiger partial charge is 0.240 e. The standard InChI is InChI=1S/C13H17N3O2.ClH/c1-9(14)13(18)15-10-4-2-5-11(8-10)16-7-3-6-12(16)17;/h2,4-5,8-9H,3,6-7,14H2,1H3,(H,15,18);1H/t9-;/m0./s1. The van der Waals surface area contributed by atoms with E-state index in [0.29, 0.717) is 12.1 Å². The normalized spacial score (nSPS) is 15.9. The Hall–Kier alpha value is -1.59. The summed E-state index contributed by atoms with van der Waals surface area (Å²) in [5, 5.41) is 2.72. The fourth-order valence-electron chi connectivity index (χ4n) is 1.93. The third-order valence-electron chi connectivity index (χ3n) is 2.91. The summed E-state index contributed by atoms with van der Waals surface area (Å²) >= 11 is 0. The van der Waals surface area contributed by atoms with Crippen molar-refractivity contribution in [2.45, 2.75) is 25.8 Å². The van der Waals surface area contributed by atoms with Crippen LogP contribution in [0.3, 0.4) is 0 Å². The number of amides is 2. The van der Waals surface area contributed by atoms with E-state index in [1.807, 2.05) is 12.1 Å². The zero-order valence-electron chi connectivity index (χ0n) is 10.8. The van der Waals surface area contributed by atoms with Crippen LogP contribution in [0.15, 0.2) is 24.3 Å². The third kappa shape index (κ3) is 3.68. The first-order valence-corrected chi connectivity index (χ1v) is 6.05. The molecule has 0 unspecified atom stereocenters. The summed E-state index contributed by atoms with van der Waals surface area (Å²) in [4.78, 5) is 24.9. The van der Waals surface area contributed by atoms with Gasteiger partial charge in [0.05, 0.1) is 6.04 Å². The molecule has 1 aliphatic rings. The number of benzene rings is 1. The highest BCUT2D eigenvalue weighted by Crippen LogP contribution is 2.24. The molecule has 1 fully saturated rings. The Morgan fingerprint density at radius 1 is 1.47 bits per heavy atom. The topological polar surface area (TPSA) is 75.4 Å². The van der Waals surface area contributed by atoms with Crippen LogP contribution in [0.25, 0.3) is 0 Å². The quantitative estimate of drug-likeness (QED) is 0.883. The molecule has 1 saturated heterocycles. The van der Waals surface area contributed by atoms with Gasteiger partial charge in [0.2, 0.25) is 11.8 Å². The third-order valence-corrected chi connectivity index (χ3v) is 2.91. The van der Waals surface area contributed by atoms with Gasteiger partial charge in [-0.3, -0.25) is 9.59 Å². The minimum atomic E-state index is -0.554.